The molecule has 0 unspecified atom stereocenters. The second-order valence-electron chi connectivity index (χ2n) is 17.4. The van der Waals surface area contributed by atoms with Crippen molar-refractivity contribution in [3.63, 3.8) is 0 Å². The zero-order valence-corrected chi connectivity index (χ0v) is 30.6. The predicted molar refractivity (Wildman–Crippen MR) is 196 cm³/mol. The summed E-state index contributed by atoms with van der Waals surface area (Å²) in [6, 6.07) is 16.8. The number of carbonyl (C=O) groups is 2. The molecular formula is C40H52N6O2. The molecule has 254 valence electrons. The zero-order chi connectivity index (χ0) is 35.4. The summed E-state index contributed by atoms with van der Waals surface area (Å²) in [4.78, 5) is 42.2. The van der Waals surface area contributed by atoms with E-state index in [0.717, 1.165) is 55.7 Å². The van der Waals surface area contributed by atoms with Crippen LogP contribution in [0.4, 0.5) is 0 Å². The summed E-state index contributed by atoms with van der Waals surface area (Å²) in [6.45, 7) is 24.2. The van der Waals surface area contributed by atoms with E-state index in [2.05, 4.69) is 111 Å². The molecule has 2 heterocycles. The highest BCUT2D eigenvalue weighted by atomic mass is 16.2. The Balaban J connectivity index is 1.42. The first-order valence-corrected chi connectivity index (χ1v) is 16.8. The number of benzene rings is 3. The van der Waals surface area contributed by atoms with Crippen molar-refractivity contribution >= 4 is 33.4 Å². The molecule has 8 nitrogen and oxygen atoms in total. The van der Waals surface area contributed by atoms with Gasteiger partial charge in [0, 0.05) is 22.0 Å². The van der Waals surface area contributed by atoms with Crippen molar-refractivity contribution in [1.82, 2.24) is 30.6 Å². The minimum Gasteiger partial charge on any atom is -0.345 e. The molecule has 48 heavy (non-hydrogen) atoms. The topological polar surface area (TPSA) is 116 Å². The Kier molecular flexibility index (Phi) is 8.87. The number of hydrogen-bond acceptors (Lipinski definition) is 4. The van der Waals surface area contributed by atoms with E-state index in [1.807, 2.05) is 53.9 Å². The Morgan fingerprint density at radius 2 is 0.896 bits per heavy atom. The first-order chi connectivity index (χ1) is 22.1. The summed E-state index contributed by atoms with van der Waals surface area (Å²) in [7, 11) is 0. The maximum atomic E-state index is 12.9. The van der Waals surface area contributed by atoms with Crippen molar-refractivity contribution in [2.45, 2.75) is 95.2 Å². The van der Waals surface area contributed by atoms with Crippen molar-refractivity contribution in [2.75, 3.05) is 0 Å². The van der Waals surface area contributed by atoms with E-state index in [0.29, 0.717) is 0 Å². The number of carbonyl (C=O) groups excluding carboxylic acids is 2. The van der Waals surface area contributed by atoms with Crippen LogP contribution in [0.2, 0.25) is 0 Å². The van der Waals surface area contributed by atoms with E-state index >= 15 is 0 Å². The van der Waals surface area contributed by atoms with Crippen molar-refractivity contribution in [3.8, 4) is 22.5 Å². The molecule has 4 N–H and O–H groups in total. The molecule has 8 heteroatoms. The number of aromatic nitrogens is 4. The van der Waals surface area contributed by atoms with Crippen LogP contribution in [0, 0.1) is 21.7 Å². The molecule has 2 amide bonds. The molecule has 2 atom stereocenters. The maximum absolute atomic E-state index is 12.9. The molecule has 5 aromatic rings. The van der Waals surface area contributed by atoms with Crippen molar-refractivity contribution in [3.05, 3.63) is 72.6 Å². The van der Waals surface area contributed by atoms with Gasteiger partial charge in [0.05, 0.1) is 35.9 Å². The van der Waals surface area contributed by atoms with Gasteiger partial charge in [0.25, 0.3) is 0 Å². The van der Waals surface area contributed by atoms with Crippen LogP contribution >= 0.6 is 0 Å². The lowest BCUT2D eigenvalue weighted by Gasteiger charge is -2.32. The van der Waals surface area contributed by atoms with Crippen LogP contribution in [0.25, 0.3) is 44.1 Å². The van der Waals surface area contributed by atoms with Gasteiger partial charge < -0.3 is 20.6 Å². The summed E-state index contributed by atoms with van der Waals surface area (Å²) in [5.41, 5.74) is 2.42. The average Bonchev–Trinajstić information content (AvgIpc) is 3.65. The standard InChI is InChI=1S/C40H52N6O2/c1-37(2,3)31(45-35(47)39(7,8)9)33-41-21-29(43-33)25-15-13-23-18-28-20-26(16-14-24(28)17-27(23)19-25)30-22-42-34(44-30)32(38(4,5)6)46-36(48)40(10,11)12/h13-22,31-32H,1-12H3,(H,41,43)(H,42,44)(H,45,47)(H,46,48)/t31-,32-/m1/s1. The Hall–Kier alpha value is -4.46. The van der Waals surface area contributed by atoms with E-state index in [9.17, 15) is 9.59 Å². The molecule has 0 fully saturated rings. The fourth-order valence-electron chi connectivity index (χ4n) is 5.68. The quantitative estimate of drug-likeness (QED) is 0.137. The summed E-state index contributed by atoms with van der Waals surface area (Å²) < 4.78 is 0. The molecule has 0 aliphatic rings. The summed E-state index contributed by atoms with van der Waals surface area (Å²) >= 11 is 0. The second-order valence-corrected chi connectivity index (χ2v) is 17.4. The van der Waals surface area contributed by atoms with Gasteiger partial charge in [0.1, 0.15) is 11.6 Å². The number of rotatable bonds is 6. The van der Waals surface area contributed by atoms with Gasteiger partial charge in [-0.05, 0) is 56.6 Å². The predicted octanol–water partition coefficient (Wildman–Crippen LogP) is 9.27. The van der Waals surface area contributed by atoms with E-state index in [1.54, 1.807) is 0 Å². The normalized spacial score (nSPS) is 14.2. The van der Waals surface area contributed by atoms with Crippen LogP contribution in [0.3, 0.4) is 0 Å². The van der Waals surface area contributed by atoms with E-state index in [4.69, 9.17) is 9.97 Å². The minimum atomic E-state index is -0.498. The van der Waals surface area contributed by atoms with E-state index in [1.165, 1.54) is 0 Å². The van der Waals surface area contributed by atoms with Gasteiger partial charge >= 0.3 is 0 Å². The molecule has 0 aliphatic heterocycles. The number of aromatic amines is 2. The molecular weight excluding hydrogens is 596 g/mol. The first kappa shape index (κ1) is 34.9. The van der Waals surface area contributed by atoms with Crippen LogP contribution in [0.1, 0.15) is 107 Å². The lowest BCUT2D eigenvalue weighted by Crippen LogP contribution is -2.42. The maximum Gasteiger partial charge on any atom is 0.225 e. The lowest BCUT2D eigenvalue weighted by atomic mass is 9.85. The number of imidazole rings is 2. The Morgan fingerprint density at radius 1 is 0.542 bits per heavy atom. The van der Waals surface area contributed by atoms with E-state index < -0.39 is 10.8 Å². The van der Waals surface area contributed by atoms with Crippen molar-refractivity contribution in [1.29, 1.82) is 0 Å². The number of nitrogens with zero attached hydrogens (tertiary/aromatic N) is 2. The SMILES string of the molecule is CC(C)(C)C(=O)N[C@H](c1ncc(-c2ccc3cc4cc(-c5cnc([C@@H](NC(=O)C(C)(C)C)C(C)(C)C)[nH]5)ccc4cc3c2)[nH]1)C(C)(C)C. The Morgan fingerprint density at radius 3 is 1.21 bits per heavy atom. The van der Waals surface area contributed by atoms with Gasteiger partial charge in [-0.2, -0.15) is 0 Å². The highest BCUT2D eigenvalue weighted by molar-refractivity contribution is 6.00. The highest BCUT2D eigenvalue weighted by Crippen LogP contribution is 2.36. The van der Waals surface area contributed by atoms with E-state index in [-0.39, 0.29) is 34.7 Å². The molecule has 0 saturated carbocycles. The number of fused-ring (bicyclic) bond motifs is 2. The number of H-pyrrole nitrogens is 2. The molecule has 0 bridgehead atoms. The molecule has 0 aliphatic carbocycles. The molecule has 0 saturated heterocycles. The van der Waals surface area contributed by atoms with Crippen molar-refractivity contribution in [2.24, 2.45) is 21.7 Å². The Labute approximate surface area is 284 Å². The van der Waals surface area contributed by atoms with Gasteiger partial charge in [-0.15, -0.1) is 0 Å². The smallest absolute Gasteiger partial charge is 0.225 e. The van der Waals surface area contributed by atoms with Crippen LogP contribution < -0.4 is 10.6 Å². The molecule has 0 radical (unpaired) electrons. The fraction of sp³-hybridized carbons (Fsp3) is 0.450. The van der Waals surface area contributed by atoms with Gasteiger partial charge in [0.2, 0.25) is 11.8 Å². The number of nitrogens with one attached hydrogen (secondary N) is 4. The van der Waals surface area contributed by atoms with Crippen LogP contribution in [0.15, 0.2) is 60.9 Å². The summed E-state index contributed by atoms with van der Waals surface area (Å²) in [5, 5.41) is 11.0. The van der Waals surface area contributed by atoms with Crippen LogP contribution in [-0.2, 0) is 9.59 Å². The second kappa shape index (κ2) is 12.2. The number of amides is 2. The van der Waals surface area contributed by atoms with Gasteiger partial charge in [0.15, 0.2) is 0 Å². The van der Waals surface area contributed by atoms with Gasteiger partial charge in [-0.25, -0.2) is 9.97 Å². The summed E-state index contributed by atoms with van der Waals surface area (Å²) in [6.07, 6.45) is 3.70. The third-order valence-corrected chi connectivity index (χ3v) is 8.80. The lowest BCUT2D eigenvalue weighted by molar-refractivity contribution is -0.130. The zero-order valence-electron chi connectivity index (χ0n) is 30.6. The highest BCUT2D eigenvalue weighted by Gasteiger charge is 2.35. The van der Waals surface area contributed by atoms with Crippen LogP contribution in [0.5, 0.6) is 0 Å². The van der Waals surface area contributed by atoms with Crippen LogP contribution in [-0.4, -0.2) is 31.8 Å². The molecule has 2 aromatic heterocycles. The number of hydrogen-bond donors (Lipinski definition) is 4. The first-order valence-electron chi connectivity index (χ1n) is 16.8. The van der Waals surface area contributed by atoms with Crippen molar-refractivity contribution < 1.29 is 9.59 Å². The minimum absolute atomic E-state index is 0.00668. The summed E-state index contributed by atoms with van der Waals surface area (Å²) in [5.74, 6) is 1.47. The monoisotopic (exact) mass is 648 g/mol. The third-order valence-electron chi connectivity index (χ3n) is 8.80. The molecule has 3 aromatic carbocycles. The molecule has 0 spiro atoms. The van der Waals surface area contributed by atoms with Gasteiger partial charge in [-0.3, -0.25) is 9.59 Å². The fourth-order valence-corrected chi connectivity index (χ4v) is 5.68. The largest absolute Gasteiger partial charge is 0.345 e. The average molecular weight is 649 g/mol. The Bertz CT molecular complexity index is 1830. The molecule has 5 rings (SSSR count). The van der Waals surface area contributed by atoms with Gasteiger partial charge in [-0.1, -0.05) is 107 Å². The third kappa shape index (κ3) is 7.48.